The number of ether oxygens (including phenoxy) is 2. The molecule has 0 aliphatic heterocycles. The summed E-state index contributed by atoms with van der Waals surface area (Å²) in [6, 6.07) is 5.37. The molecule has 144 valence electrons. The van der Waals surface area contributed by atoms with Crippen LogP contribution in [-0.2, 0) is 9.47 Å². The Labute approximate surface area is 162 Å². The van der Waals surface area contributed by atoms with Crippen molar-refractivity contribution in [1.82, 2.24) is 9.78 Å². The minimum absolute atomic E-state index is 0.000961. The van der Waals surface area contributed by atoms with Gasteiger partial charge in [0.15, 0.2) is 11.5 Å². The van der Waals surface area contributed by atoms with Gasteiger partial charge in [-0.1, -0.05) is 23.7 Å². The fraction of sp³-hybridized carbons (Fsp3) is 0.368. The van der Waals surface area contributed by atoms with Crippen LogP contribution in [-0.4, -0.2) is 40.7 Å². The summed E-state index contributed by atoms with van der Waals surface area (Å²) in [5, 5.41) is 4.57. The predicted octanol–water partition coefficient (Wildman–Crippen LogP) is 3.64. The molecule has 2 aromatic rings. The van der Waals surface area contributed by atoms with Crippen LogP contribution in [0.25, 0.3) is 0 Å². The van der Waals surface area contributed by atoms with Gasteiger partial charge < -0.3 is 9.47 Å². The Hall–Kier alpha value is -2.67. The Morgan fingerprint density at radius 2 is 1.74 bits per heavy atom. The second kappa shape index (κ2) is 8.81. The van der Waals surface area contributed by atoms with Gasteiger partial charge in [-0.25, -0.2) is 14.3 Å². The number of carbonyl (C=O) groups excluding carboxylic acids is 3. The monoisotopic (exact) mass is 392 g/mol. The number of hydrogen-bond acceptors (Lipinski definition) is 6. The van der Waals surface area contributed by atoms with E-state index in [-0.39, 0.29) is 30.4 Å². The fourth-order valence-electron chi connectivity index (χ4n) is 2.45. The summed E-state index contributed by atoms with van der Waals surface area (Å²) < 4.78 is 11.1. The molecule has 1 unspecified atom stereocenters. The molecule has 0 amide bonds. The highest BCUT2D eigenvalue weighted by Crippen LogP contribution is 2.22. The molecule has 0 N–H and O–H groups in total. The number of aryl methyl sites for hydroxylation is 1. The van der Waals surface area contributed by atoms with Gasteiger partial charge in [0.25, 0.3) is 0 Å². The van der Waals surface area contributed by atoms with Crippen LogP contribution in [0.3, 0.4) is 0 Å². The van der Waals surface area contributed by atoms with E-state index in [9.17, 15) is 14.4 Å². The van der Waals surface area contributed by atoms with Gasteiger partial charge in [-0.15, -0.1) is 0 Å². The fourth-order valence-corrected chi connectivity index (χ4v) is 2.63. The van der Waals surface area contributed by atoms with Crippen LogP contribution in [0.15, 0.2) is 24.3 Å². The van der Waals surface area contributed by atoms with Crippen molar-refractivity contribution in [1.29, 1.82) is 0 Å². The van der Waals surface area contributed by atoms with Crippen LogP contribution in [0.4, 0.5) is 0 Å². The molecule has 1 aromatic carbocycles. The first-order valence-corrected chi connectivity index (χ1v) is 8.92. The molecule has 1 atom stereocenters. The third kappa shape index (κ3) is 4.54. The van der Waals surface area contributed by atoms with Gasteiger partial charge in [-0.3, -0.25) is 4.79 Å². The first-order chi connectivity index (χ1) is 12.8. The van der Waals surface area contributed by atoms with E-state index in [0.29, 0.717) is 10.6 Å². The molecule has 2 rings (SSSR count). The maximum Gasteiger partial charge on any atom is 0.358 e. The first-order valence-electron chi connectivity index (χ1n) is 8.54. The lowest BCUT2D eigenvalue weighted by Crippen LogP contribution is -2.23. The van der Waals surface area contributed by atoms with E-state index in [0.717, 1.165) is 5.56 Å². The van der Waals surface area contributed by atoms with Gasteiger partial charge in [-0.2, -0.15) is 5.10 Å². The lowest BCUT2D eigenvalue weighted by Gasteiger charge is -2.14. The van der Waals surface area contributed by atoms with Gasteiger partial charge in [0.05, 0.1) is 13.2 Å². The van der Waals surface area contributed by atoms with Gasteiger partial charge in [0.2, 0.25) is 0 Å². The SMILES string of the molecule is CCOC(=O)c1cc(C(=O)OCC)n(C(C)C(=O)c2ccc(C)c(Cl)c2)n1. The maximum absolute atomic E-state index is 12.9. The highest BCUT2D eigenvalue weighted by molar-refractivity contribution is 6.31. The van der Waals surface area contributed by atoms with E-state index >= 15 is 0 Å². The van der Waals surface area contributed by atoms with Gasteiger partial charge >= 0.3 is 11.9 Å². The molecule has 0 saturated heterocycles. The minimum atomic E-state index is -0.855. The molecule has 1 aromatic heterocycles. The van der Waals surface area contributed by atoms with Gasteiger partial charge in [0.1, 0.15) is 11.7 Å². The second-order valence-corrected chi connectivity index (χ2v) is 6.21. The van der Waals surface area contributed by atoms with Crippen LogP contribution < -0.4 is 0 Å². The summed E-state index contributed by atoms with van der Waals surface area (Å²) >= 11 is 6.10. The van der Waals surface area contributed by atoms with Crippen molar-refractivity contribution in [3.05, 3.63) is 51.8 Å². The van der Waals surface area contributed by atoms with Crippen molar-refractivity contribution in [2.75, 3.05) is 13.2 Å². The summed E-state index contributed by atoms with van der Waals surface area (Å²) in [7, 11) is 0. The van der Waals surface area contributed by atoms with Gasteiger partial charge in [-0.05, 0) is 39.3 Å². The molecular weight excluding hydrogens is 372 g/mol. The molecule has 27 heavy (non-hydrogen) atoms. The van der Waals surface area contributed by atoms with Crippen molar-refractivity contribution in [3.63, 3.8) is 0 Å². The number of rotatable bonds is 7. The molecule has 0 aliphatic rings. The molecule has 0 aliphatic carbocycles. The quantitative estimate of drug-likeness (QED) is 0.528. The highest BCUT2D eigenvalue weighted by Gasteiger charge is 2.27. The third-order valence-corrected chi connectivity index (χ3v) is 4.31. The summed E-state index contributed by atoms with van der Waals surface area (Å²) in [4.78, 5) is 37.1. The zero-order chi connectivity index (χ0) is 20.1. The van der Waals surface area contributed by atoms with E-state index in [4.69, 9.17) is 21.1 Å². The summed E-state index contributed by atoms with van der Waals surface area (Å²) in [5.74, 6) is -1.66. The topological polar surface area (TPSA) is 87.5 Å². The highest BCUT2D eigenvalue weighted by atomic mass is 35.5. The average molecular weight is 393 g/mol. The summed E-state index contributed by atoms with van der Waals surface area (Å²) in [5.41, 5.74) is 1.15. The molecule has 0 bridgehead atoms. The van der Waals surface area contributed by atoms with Crippen LogP contribution >= 0.6 is 11.6 Å². The van der Waals surface area contributed by atoms with E-state index in [2.05, 4.69) is 5.10 Å². The number of halogens is 1. The number of hydrogen-bond donors (Lipinski definition) is 0. The zero-order valence-electron chi connectivity index (χ0n) is 15.6. The molecule has 0 fully saturated rings. The van der Waals surface area contributed by atoms with E-state index in [1.165, 1.54) is 10.7 Å². The van der Waals surface area contributed by atoms with Crippen molar-refractivity contribution in [2.45, 2.75) is 33.7 Å². The summed E-state index contributed by atoms with van der Waals surface area (Å²) in [6.07, 6.45) is 0. The molecule has 1 heterocycles. The Morgan fingerprint density at radius 1 is 1.11 bits per heavy atom. The number of Topliss-reactive ketones (excluding diaryl/α,β-unsaturated/α-hetero) is 1. The molecule has 7 nitrogen and oxygen atoms in total. The smallest absolute Gasteiger partial charge is 0.358 e. The van der Waals surface area contributed by atoms with Crippen molar-refractivity contribution >= 4 is 29.3 Å². The largest absolute Gasteiger partial charge is 0.461 e. The normalized spacial score (nSPS) is 11.7. The van der Waals surface area contributed by atoms with E-state index in [1.807, 2.05) is 6.92 Å². The van der Waals surface area contributed by atoms with Crippen LogP contribution in [0.1, 0.15) is 63.7 Å². The van der Waals surface area contributed by atoms with Crippen LogP contribution in [0.5, 0.6) is 0 Å². The van der Waals surface area contributed by atoms with Crippen molar-refractivity contribution < 1.29 is 23.9 Å². The molecule has 8 heteroatoms. The predicted molar refractivity (Wildman–Crippen MR) is 99.4 cm³/mol. The summed E-state index contributed by atoms with van der Waals surface area (Å²) in [6.45, 7) is 7.05. The van der Waals surface area contributed by atoms with Gasteiger partial charge in [0, 0.05) is 16.7 Å². The average Bonchev–Trinajstić information content (AvgIpc) is 3.09. The number of ketones is 1. The minimum Gasteiger partial charge on any atom is -0.461 e. The Balaban J connectivity index is 2.43. The first kappa shape index (κ1) is 20.6. The Kier molecular flexibility index (Phi) is 6.74. The Morgan fingerprint density at radius 3 is 2.33 bits per heavy atom. The molecule has 0 spiro atoms. The van der Waals surface area contributed by atoms with Crippen molar-refractivity contribution in [3.8, 4) is 0 Å². The van der Waals surface area contributed by atoms with Crippen LogP contribution in [0.2, 0.25) is 5.02 Å². The maximum atomic E-state index is 12.9. The van der Waals surface area contributed by atoms with Crippen molar-refractivity contribution in [2.24, 2.45) is 0 Å². The lowest BCUT2D eigenvalue weighted by atomic mass is 10.0. The Bertz CT molecular complexity index is 875. The molecule has 0 radical (unpaired) electrons. The van der Waals surface area contributed by atoms with E-state index < -0.39 is 18.0 Å². The number of carbonyl (C=O) groups is 3. The number of aromatic nitrogens is 2. The molecule has 0 saturated carbocycles. The third-order valence-electron chi connectivity index (χ3n) is 3.91. The molecular formula is C19H21ClN2O5. The van der Waals surface area contributed by atoms with Crippen LogP contribution in [0, 0.1) is 6.92 Å². The second-order valence-electron chi connectivity index (χ2n) is 5.80. The lowest BCUT2D eigenvalue weighted by molar-refractivity contribution is 0.0502. The van der Waals surface area contributed by atoms with E-state index in [1.54, 1.807) is 39.0 Å². The number of nitrogens with zero attached hydrogens (tertiary/aromatic N) is 2. The number of esters is 2. The number of benzene rings is 1. The standard InChI is InChI=1S/C19H21ClN2O5/c1-5-26-18(24)15-10-16(19(25)27-6-2)22(21-15)12(4)17(23)13-8-7-11(3)14(20)9-13/h7-10,12H,5-6H2,1-4H3. The zero-order valence-corrected chi connectivity index (χ0v) is 16.4.